The van der Waals surface area contributed by atoms with E-state index in [0.717, 1.165) is 12.0 Å². The van der Waals surface area contributed by atoms with E-state index in [2.05, 4.69) is 22.4 Å². The van der Waals surface area contributed by atoms with Crippen LogP contribution < -0.4 is 5.32 Å². The third kappa shape index (κ3) is 4.89. The summed E-state index contributed by atoms with van der Waals surface area (Å²) in [5.74, 6) is 0.0251. The molecule has 1 aromatic heterocycles. The van der Waals surface area contributed by atoms with Crippen LogP contribution >= 0.6 is 0 Å². The molecular formula is C20H23N3O2. The van der Waals surface area contributed by atoms with Crippen molar-refractivity contribution in [3.05, 3.63) is 66.0 Å². The van der Waals surface area contributed by atoms with Crippen molar-refractivity contribution >= 4 is 11.8 Å². The summed E-state index contributed by atoms with van der Waals surface area (Å²) in [5, 5.41) is 2.81. The van der Waals surface area contributed by atoms with E-state index >= 15 is 0 Å². The number of carbonyl (C=O) groups excluding carboxylic acids is 2. The Morgan fingerprint density at radius 2 is 1.88 bits per heavy atom. The lowest BCUT2D eigenvalue weighted by Crippen LogP contribution is -2.45. The first-order chi connectivity index (χ1) is 12.2. The average Bonchev–Trinajstić information content (AvgIpc) is 2.67. The summed E-state index contributed by atoms with van der Waals surface area (Å²) in [7, 11) is 0. The number of hydrogen-bond acceptors (Lipinski definition) is 3. The quantitative estimate of drug-likeness (QED) is 0.879. The Morgan fingerprint density at radius 3 is 2.56 bits per heavy atom. The molecule has 2 heterocycles. The summed E-state index contributed by atoms with van der Waals surface area (Å²) >= 11 is 0. The molecule has 2 amide bonds. The molecule has 1 fully saturated rings. The van der Waals surface area contributed by atoms with Gasteiger partial charge in [-0.3, -0.25) is 14.6 Å². The van der Waals surface area contributed by atoms with Gasteiger partial charge in [0.25, 0.3) is 0 Å². The third-order valence-electron chi connectivity index (χ3n) is 4.56. The maximum atomic E-state index is 13.0. The van der Waals surface area contributed by atoms with E-state index in [1.165, 1.54) is 5.56 Å². The highest BCUT2D eigenvalue weighted by molar-refractivity contribution is 5.83. The molecule has 5 heteroatoms. The van der Waals surface area contributed by atoms with Gasteiger partial charge in [0.1, 0.15) is 0 Å². The van der Waals surface area contributed by atoms with Crippen LogP contribution in [0.1, 0.15) is 24.0 Å². The molecule has 130 valence electrons. The van der Waals surface area contributed by atoms with Crippen molar-refractivity contribution in [2.75, 3.05) is 13.1 Å². The predicted molar refractivity (Wildman–Crippen MR) is 95.5 cm³/mol. The van der Waals surface area contributed by atoms with Gasteiger partial charge in [-0.1, -0.05) is 30.3 Å². The number of rotatable bonds is 6. The number of pyridine rings is 1. The maximum absolute atomic E-state index is 13.0. The molecule has 0 aliphatic carbocycles. The maximum Gasteiger partial charge on any atom is 0.227 e. The Balaban J connectivity index is 1.69. The Labute approximate surface area is 148 Å². The number of carbonyl (C=O) groups is 2. The van der Waals surface area contributed by atoms with E-state index in [4.69, 9.17) is 0 Å². The molecule has 1 aromatic carbocycles. The third-order valence-corrected chi connectivity index (χ3v) is 4.56. The van der Waals surface area contributed by atoms with Crippen molar-refractivity contribution in [1.82, 2.24) is 15.2 Å². The van der Waals surface area contributed by atoms with Crippen LogP contribution in [0.3, 0.4) is 0 Å². The largest absolute Gasteiger partial charge is 0.355 e. The van der Waals surface area contributed by atoms with Crippen LogP contribution in [0.15, 0.2) is 54.9 Å². The minimum Gasteiger partial charge on any atom is -0.355 e. The van der Waals surface area contributed by atoms with Gasteiger partial charge < -0.3 is 10.2 Å². The minimum atomic E-state index is -0.129. The van der Waals surface area contributed by atoms with E-state index in [1.807, 2.05) is 35.2 Å². The van der Waals surface area contributed by atoms with Crippen LogP contribution in [-0.2, 0) is 22.6 Å². The van der Waals surface area contributed by atoms with E-state index in [-0.39, 0.29) is 17.7 Å². The first kappa shape index (κ1) is 17.1. The Morgan fingerprint density at radius 1 is 1.12 bits per heavy atom. The zero-order valence-corrected chi connectivity index (χ0v) is 14.2. The molecule has 1 unspecified atom stereocenters. The van der Waals surface area contributed by atoms with Crippen molar-refractivity contribution in [3.8, 4) is 0 Å². The molecule has 0 saturated carbocycles. The van der Waals surface area contributed by atoms with Gasteiger partial charge in [0.05, 0.1) is 5.92 Å². The zero-order chi connectivity index (χ0) is 17.5. The number of nitrogens with one attached hydrogen (secondary N) is 1. The molecule has 5 nitrogen and oxygen atoms in total. The summed E-state index contributed by atoms with van der Waals surface area (Å²) in [6.07, 6.45) is 5.36. The topological polar surface area (TPSA) is 62.3 Å². The molecule has 1 saturated heterocycles. The van der Waals surface area contributed by atoms with Gasteiger partial charge in [0.15, 0.2) is 0 Å². The molecule has 0 spiro atoms. The van der Waals surface area contributed by atoms with Crippen molar-refractivity contribution in [2.24, 2.45) is 5.92 Å². The highest BCUT2D eigenvalue weighted by atomic mass is 16.2. The molecular weight excluding hydrogens is 314 g/mol. The Kier molecular flexibility index (Phi) is 5.77. The highest BCUT2D eigenvalue weighted by Crippen LogP contribution is 2.17. The number of piperidine rings is 1. The summed E-state index contributed by atoms with van der Waals surface area (Å²) < 4.78 is 0. The lowest BCUT2D eigenvalue weighted by Gasteiger charge is -2.29. The van der Waals surface area contributed by atoms with Gasteiger partial charge in [0.2, 0.25) is 11.8 Å². The molecule has 0 bridgehead atoms. The van der Waals surface area contributed by atoms with Crippen LogP contribution in [0.25, 0.3) is 0 Å². The Hall–Kier alpha value is -2.69. The minimum absolute atomic E-state index is 0.0361. The number of aromatic nitrogens is 1. The molecule has 1 atom stereocenters. The second kappa shape index (κ2) is 8.42. The van der Waals surface area contributed by atoms with Crippen molar-refractivity contribution < 1.29 is 9.59 Å². The van der Waals surface area contributed by atoms with Crippen LogP contribution in [0.4, 0.5) is 0 Å². The molecule has 1 N–H and O–H groups in total. The van der Waals surface area contributed by atoms with Gasteiger partial charge >= 0.3 is 0 Å². The first-order valence-electron chi connectivity index (χ1n) is 8.70. The second-order valence-corrected chi connectivity index (χ2v) is 6.39. The second-order valence-electron chi connectivity index (χ2n) is 6.39. The summed E-state index contributed by atoms with van der Waals surface area (Å²) in [6.45, 7) is 1.67. The SMILES string of the molecule is O=C1CCC(C(=O)N(CCc2ccccc2)Cc2ccncc2)CN1. The molecule has 1 aliphatic heterocycles. The van der Waals surface area contributed by atoms with E-state index < -0.39 is 0 Å². The first-order valence-corrected chi connectivity index (χ1v) is 8.70. The fourth-order valence-electron chi connectivity index (χ4n) is 3.09. The molecule has 1 aliphatic rings. The van der Waals surface area contributed by atoms with Crippen LogP contribution in [0, 0.1) is 5.92 Å². The number of hydrogen-bond donors (Lipinski definition) is 1. The van der Waals surface area contributed by atoms with E-state index in [0.29, 0.717) is 32.5 Å². The number of amides is 2. The zero-order valence-electron chi connectivity index (χ0n) is 14.2. The standard InChI is InChI=1S/C20H23N3O2/c24-19-7-6-18(14-22-19)20(25)23(15-17-8-11-21-12-9-17)13-10-16-4-2-1-3-5-16/h1-5,8-9,11-12,18H,6-7,10,13-15H2,(H,22,24). The summed E-state index contributed by atoms with van der Waals surface area (Å²) in [4.78, 5) is 30.3. The van der Waals surface area contributed by atoms with Crippen molar-refractivity contribution in [2.45, 2.75) is 25.8 Å². The lowest BCUT2D eigenvalue weighted by atomic mass is 9.97. The summed E-state index contributed by atoms with van der Waals surface area (Å²) in [6, 6.07) is 14.1. The fourth-order valence-corrected chi connectivity index (χ4v) is 3.09. The highest BCUT2D eigenvalue weighted by Gasteiger charge is 2.28. The van der Waals surface area contributed by atoms with Gasteiger partial charge in [0, 0.05) is 38.4 Å². The monoisotopic (exact) mass is 337 g/mol. The molecule has 25 heavy (non-hydrogen) atoms. The molecule has 2 aromatic rings. The van der Waals surface area contributed by atoms with Crippen LogP contribution in [-0.4, -0.2) is 34.8 Å². The smallest absolute Gasteiger partial charge is 0.227 e. The van der Waals surface area contributed by atoms with Crippen molar-refractivity contribution in [3.63, 3.8) is 0 Å². The van der Waals surface area contributed by atoms with Crippen molar-refractivity contribution in [1.29, 1.82) is 0 Å². The molecule has 3 rings (SSSR count). The lowest BCUT2D eigenvalue weighted by molar-refractivity contribution is -0.138. The number of benzene rings is 1. The average molecular weight is 337 g/mol. The van der Waals surface area contributed by atoms with Gasteiger partial charge in [-0.2, -0.15) is 0 Å². The van der Waals surface area contributed by atoms with E-state index in [1.54, 1.807) is 12.4 Å². The predicted octanol–water partition coefficient (Wildman–Crippen LogP) is 2.18. The van der Waals surface area contributed by atoms with Gasteiger partial charge in [-0.25, -0.2) is 0 Å². The summed E-state index contributed by atoms with van der Waals surface area (Å²) in [5.41, 5.74) is 2.28. The molecule has 0 radical (unpaired) electrons. The Bertz CT molecular complexity index is 693. The van der Waals surface area contributed by atoms with Gasteiger partial charge in [-0.05, 0) is 36.1 Å². The number of nitrogens with zero attached hydrogens (tertiary/aromatic N) is 2. The normalized spacial score (nSPS) is 17.0. The van der Waals surface area contributed by atoms with Gasteiger partial charge in [-0.15, -0.1) is 0 Å². The van der Waals surface area contributed by atoms with E-state index in [9.17, 15) is 9.59 Å². The van der Waals surface area contributed by atoms with Crippen LogP contribution in [0.5, 0.6) is 0 Å². The fraction of sp³-hybridized carbons (Fsp3) is 0.350. The van der Waals surface area contributed by atoms with Crippen LogP contribution in [0.2, 0.25) is 0 Å².